The number of rotatable bonds is 34. The Kier molecular flexibility index (Phi) is 25.6. The fourth-order valence-corrected chi connectivity index (χ4v) is 16.8. The first kappa shape index (κ1) is 80.8. The molecule has 15 N–H and O–H groups in total. The van der Waals surface area contributed by atoms with Gasteiger partial charge in [-0.15, -0.1) is 23.5 Å². The molecule has 3 aliphatic heterocycles. The predicted octanol–water partition coefficient (Wildman–Crippen LogP) is 3.85. The van der Waals surface area contributed by atoms with Crippen molar-refractivity contribution in [1.29, 1.82) is 5.41 Å². The molecule has 3 saturated heterocycles. The van der Waals surface area contributed by atoms with Crippen molar-refractivity contribution < 1.29 is 72.2 Å². The fourth-order valence-electron chi connectivity index (χ4n) is 14.5. The minimum absolute atomic E-state index is 0.0370. The van der Waals surface area contributed by atoms with Crippen LogP contribution in [0.15, 0.2) is 109 Å². The topological polar surface area (TPSA) is 453 Å². The van der Waals surface area contributed by atoms with Gasteiger partial charge in [-0.3, -0.25) is 67.7 Å². The van der Waals surface area contributed by atoms with Crippen LogP contribution in [0.5, 0.6) is 0 Å². The average Bonchev–Trinajstić information content (AvgIpc) is 1.66. The number of hydrogen-bond acceptors (Lipinski definition) is 18. The van der Waals surface area contributed by atoms with Crippen molar-refractivity contribution in [3.63, 3.8) is 0 Å². The molecule has 0 radical (unpaired) electrons. The number of carboxylic acid groups (broad SMARTS) is 1. The quantitative estimate of drug-likeness (QED) is 0.00895. The van der Waals surface area contributed by atoms with Gasteiger partial charge < -0.3 is 69.3 Å². The normalized spacial score (nSPS) is 18.1. The molecule has 0 bridgehead atoms. The molecule has 8 aromatic carbocycles. The lowest BCUT2D eigenvalue weighted by Gasteiger charge is -2.28. The van der Waals surface area contributed by atoms with Crippen LogP contribution in [-0.2, 0) is 67.1 Å². The maximum absolute atomic E-state index is 14.3. The van der Waals surface area contributed by atoms with E-state index in [4.69, 9.17) is 16.9 Å². The molecule has 0 saturated carbocycles. The van der Waals surface area contributed by atoms with Crippen molar-refractivity contribution in [2.45, 2.75) is 152 Å². The second kappa shape index (κ2) is 35.2. The van der Waals surface area contributed by atoms with E-state index in [9.17, 15) is 72.2 Å². The van der Waals surface area contributed by atoms with Gasteiger partial charge in [0.25, 0.3) is 0 Å². The smallest absolute Gasteiger partial charge is 0.327 e. The summed E-state index contributed by atoms with van der Waals surface area (Å²) in [6, 6.07) is 24.5. The second-order valence-corrected chi connectivity index (χ2v) is 31.4. The molecule has 8 aromatic rings. The van der Waals surface area contributed by atoms with Crippen LogP contribution < -0.4 is 69.1 Å². The summed E-state index contributed by atoms with van der Waals surface area (Å²) in [4.78, 5) is 195. The van der Waals surface area contributed by atoms with E-state index >= 15 is 0 Å². The Bertz CT molecular complexity index is 4970. The van der Waals surface area contributed by atoms with E-state index in [0.717, 1.165) is 87.7 Å². The van der Waals surface area contributed by atoms with Crippen LogP contribution in [0.25, 0.3) is 64.6 Å². The Balaban J connectivity index is 0.630. The molecule has 11 atom stereocenters. The van der Waals surface area contributed by atoms with Gasteiger partial charge >= 0.3 is 5.97 Å². The molecule has 32 heteroatoms. The standard InChI is InChI=1S/C79H91N15O15S2/c1-7-40(4)68(75(105)84-35-60(95)88-54(78(108)109)38-111-59-34-62(97)94(77(59)107)56-29-25-48-21-19-44-13-9-15-46-23-27-50(56)67(48)65(44)46)91-70(100)42(6)86-73(103)53(32-39(2)3)90-72(102)52(16-10-30-83-79(81)82)89-69(99)41(5)87-74(104)57-17-11-31-92(57)63(98)36-85-71(101)51(80)37-110-58-33-61(96)93(76(58)106)55-28-24-47-20-18-43-12-8-14-45-22-26-49(55)66(47)64(43)45/h8-9,12-15,18-29,39-42,51-54,57-59,68H,7,10-11,16-17,30-38,80H2,1-6H3,(H,84,105)(H,85,101)(H,86,103)(H,87,104)(H,88,95)(H,89,99)(H,90,102)(H,91,100)(H,108,109)(H4,81,82,83)/t40-,41-,42-,51-,52-,53-,54-,57-,58?,59?,68-/m0/s1. The lowest BCUT2D eigenvalue weighted by atomic mass is 9.93. The number of nitrogens with one attached hydrogen (secondary N) is 10. The highest BCUT2D eigenvalue weighted by Gasteiger charge is 2.44. The van der Waals surface area contributed by atoms with Crippen molar-refractivity contribution in [1.82, 2.24) is 52.8 Å². The number of nitrogens with zero attached hydrogens (tertiary/aromatic N) is 3. The molecule has 2 unspecified atom stereocenters. The minimum atomic E-state index is -1.55. The molecular weight excluding hydrogens is 1460 g/mol. The lowest BCUT2D eigenvalue weighted by Crippen LogP contribution is -2.59. The summed E-state index contributed by atoms with van der Waals surface area (Å²) in [7, 11) is 0. The van der Waals surface area contributed by atoms with Gasteiger partial charge in [0, 0.05) is 48.2 Å². The van der Waals surface area contributed by atoms with Crippen molar-refractivity contribution in [2.24, 2.45) is 23.3 Å². The van der Waals surface area contributed by atoms with Gasteiger partial charge in [0.2, 0.25) is 76.8 Å². The van der Waals surface area contributed by atoms with Crippen LogP contribution in [0, 0.1) is 17.2 Å². The molecule has 3 fully saturated rings. The van der Waals surface area contributed by atoms with E-state index in [1.807, 2.05) is 97.1 Å². The van der Waals surface area contributed by atoms with E-state index in [1.165, 1.54) is 23.6 Å². The zero-order chi connectivity index (χ0) is 79.8. The lowest BCUT2D eigenvalue weighted by molar-refractivity contribution is -0.141. The van der Waals surface area contributed by atoms with Gasteiger partial charge in [0.1, 0.15) is 42.3 Å². The Morgan fingerprint density at radius 3 is 1.57 bits per heavy atom. The highest BCUT2D eigenvalue weighted by atomic mass is 32.2. The first-order valence-corrected chi connectivity index (χ1v) is 39.1. The predicted molar refractivity (Wildman–Crippen MR) is 424 cm³/mol. The summed E-state index contributed by atoms with van der Waals surface area (Å²) >= 11 is 1.97. The highest BCUT2D eigenvalue weighted by molar-refractivity contribution is 8.01. The number of anilines is 2. The zero-order valence-electron chi connectivity index (χ0n) is 62.2. The summed E-state index contributed by atoms with van der Waals surface area (Å²) in [6.07, 6.45) is 0.779. The van der Waals surface area contributed by atoms with Crippen molar-refractivity contribution in [3.05, 3.63) is 109 Å². The number of thioether (sulfide) groups is 2. The van der Waals surface area contributed by atoms with Crippen LogP contribution in [0.2, 0.25) is 0 Å². The van der Waals surface area contributed by atoms with Gasteiger partial charge in [-0.1, -0.05) is 131 Å². The van der Waals surface area contributed by atoms with E-state index < -0.39 is 161 Å². The van der Waals surface area contributed by atoms with E-state index in [-0.39, 0.29) is 75.0 Å². The fraction of sp³-hybridized carbons (Fsp3) is 0.405. The number of guanidine groups is 1. The van der Waals surface area contributed by atoms with E-state index in [0.29, 0.717) is 29.6 Å². The number of likely N-dealkylation sites (tertiary alicyclic amines) is 1. The zero-order valence-corrected chi connectivity index (χ0v) is 63.8. The Morgan fingerprint density at radius 2 is 1.04 bits per heavy atom. The van der Waals surface area contributed by atoms with E-state index in [2.05, 4.69) is 47.9 Å². The number of hydrogen-bond donors (Lipinski definition) is 13. The van der Waals surface area contributed by atoms with Gasteiger partial charge in [-0.05, 0) is 124 Å². The van der Waals surface area contributed by atoms with Crippen LogP contribution >= 0.6 is 23.5 Å². The molecule has 3 aliphatic rings. The number of benzene rings is 8. The highest BCUT2D eigenvalue weighted by Crippen LogP contribution is 2.43. The first-order chi connectivity index (χ1) is 53.0. The summed E-state index contributed by atoms with van der Waals surface area (Å²) in [6.45, 7) is 8.67. The Hall–Kier alpha value is -11.3. The van der Waals surface area contributed by atoms with E-state index in [1.54, 1.807) is 39.8 Å². The maximum Gasteiger partial charge on any atom is 0.327 e. The molecule has 13 amide bonds. The van der Waals surface area contributed by atoms with Crippen molar-refractivity contribution in [3.8, 4) is 0 Å². The molecular formula is C79H91N15O15S2. The monoisotopic (exact) mass is 1550 g/mol. The number of carboxylic acids is 1. The van der Waals surface area contributed by atoms with Crippen LogP contribution in [-0.4, -0.2) is 195 Å². The largest absolute Gasteiger partial charge is 0.480 e. The van der Waals surface area contributed by atoms with Gasteiger partial charge in [0.05, 0.1) is 41.0 Å². The van der Waals surface area contributed by atoms with Crippen molar-refractivity contribution in [2.75, 3.05) is 47.5 Å². The Labute approximate surface area is 647 Å². The number of aliphatic carboxylic acids is 1. The van der Waals surface area contributed by atoms with Crippen LogP contribution in [0.1, 0.15) is 92.9 Å². The third-order valence-electron chi connectivity index (χ3n) is 20.6. The molecule has 3 heterocycles. The van der Waals surface area contributed by atoms with Crippen LogP contribution in [0.3, 0.4) is 0 Å². The summed E-state index contributed by atoms with van der Waals surface area (Å²) < 4.78 is 0. The van der Waals surface area contributed by atoms with Crippen molar-refractivity contribution >= 4 is 188 Å². The molecule has 11 rings (SSSR count). The van der Waals surface area contributed by atoms with Gasteiger partial charge in [-0.2, -0.15) is 0 Å². The number of carbonyl (C=O) groups is 14. The molecule has 30 nitrogen and oxygen atoms in total. The molecule has 111 heavy (non-hydrogen) atoms. The molecule has 584 valence electrons. The summed E-state index contributed by atoms with van der Waals surface area (Å²) in [5.41, 5.74) is 12.6. The first-order valence-electron chi connectivity index (χ1n) is 37.0. The second-order valence-electron chi connectivity index (χ2n) is 28.9. The molecule has 0 aromatic heterocycles. The Morgan fingerprint density at radius 1 is 0.550 bits per heavy atom. The minimum Gasteiger partial charge on any atom is -0.480 e. The molecule has 0 aliphatic carbocycles. The number of imide groups is 2. The third kappa shape index (κ3) is 18.1. The van der Waals surface area contributed by atoms with Gasteiger partial charge in [-0.25, -0.2) is 14.6 Å². The van der Waals surface area contributed by atoms with Crippen LogP contribution in [0.4, 0.5) is 11.4 Å². The third-order valence-corrected chi connectivity index (χ3v) is 23.2. The van der Waals surface area contributed by atoms with Gasteiger partial charge in [0.15, 0.2) is 5.96 Å². The maximum atomic E-state index is 14.3. The summed E-state index contributed by atoms with van der Waals surface area (Å²) in [5.74, 6) is -11.8. The average molecular weight is 1550 g/mol. The summed E-state index contributed by atoms with van der Waals surface area (Å²) in [5, 5.41) is 50.4. The SMILES string of the molecule is CC[C@H](C)[C@H](NC(=O)[C@H](C)NC(=O)[C@H](CC(C)C)NC(=O)[C@H](CCCNC(=N)N)NC(=O)[C@H](C)NC(=O)[C@@H]1CCCN1C(=O)CNC(=O)[C@@H](N)CSC1CC(=O)N(c2ccc3ccc4cccc5ccc2c3c45)C1=O)C(=O)NCC(=O)N[C@@H](CSC1CC(=O)N(c2ccc3ccc4cccc5ccc2c3c45)C1=O)C(=O)O. The number of nitrogens with two attached hydrogens (primary N) is 2. The molecule has 0 spiro atoms. The number of carbonyl (C=O) groups excluding carboxylic acids is 13. The number of amides is 13.